The molecule has 2 unspecified atom stereocenters. The van der Waals surface area contributed by atoms with E-state index < -0.39 is 14.2 Å². The van der Waals surface area contributed by atoms with Gasteiger partial charge in [-0.3, -0.25) is 4.52 Å². The predicted molar refractivity (Wildman–Crippen MR) is 141 cm³/mol. The summed E-state index contributed by atoms with van der Waals surface area (Å²) in [6.45, 7) is 26.9. The number of hydrogen-bond donors (Lipinski definition) is 1. The molecule has 1 aliphatic carbocycles. The normalized spacial score (nSPS) is 24.6. The Morgan fingerprint density at radius 3 is 1.91 bits per heavy atom. The standard InChI is InChI=1S/C29H45O3P/c1-25(2,3)20-13-14-29(23(17-20)28(10,11)12)18-19-15-21(26(4,5)6)16-22(27(7,8)9)24(19)31-33(30)32-29/h13,15-17,30H,14,18H2,1-12H3. The summed E-state index contributed by atoms with van der Waals surface area (Å²) in [6.07, 6.45) is 6.05. The average molecular weight is 473 g/mol. The van der Waals surface area contributed by atoms with E-state index in [1.165, 1.54) is 16.7 Å². The second kappa shape index (κ2) is 8.21. The first-order valence-electron chi connectivity index (χ1n) is 12.2. The van der Waals surface area contributed by atoms with Crippen molar-refractivity contribution in [2.45, 2.75) is 112 Å². The molecular formula is C29H45O3P. The SMILES string of the molecule is CC(C)(C)C1=CCC2(Cc3cc(C(C)(C)C)cc(C(C)(C)C)c3OP(O)O2)C(C(C)(C)C)=C1. The van der Waals surface area contributed by atoms with Gasteiger partial charge < -0.3 is 9.42 Å². The van der Waals surface area contributed by atoms with Crippen molar-refractivity contribution in [3.05, 3.63) is 52.1 Å². The van der Waals surface area contributed by atoms with Crippen LogP contribution in [0.25, 0.3) is 0 Å². The van der Waals surface area contributed by atoms with E-state index in [9.17, 15) is 4.89 Å². The monoisotopic (exact) mass is 472 g/mol. The second-order valence-electron chi connectivity index (χ2n) is 14.0. The number of hydrogen-bond acceptors (Lipinski definition) is 3. The minimum Gasteiger partial charge on any atom is -0.426 e. The van der Waals surface area contributed by atoms with Crippen molar-refractivity contribution < 1.29 is 13.9 Å². The fourth-order valence-corrected chi connectivity index (χ4v) is 5.86. The summed E-state index contributed by atoms with van der Waals surface area (Å²) in [6, 6.07) is 4.55. The van der Waals surface area contributed by atoms with Crippen molar-refractivity contribution in [1.82, 2.24) is 0 Å². The minimum absolute atomic E-state index is 0.00781. The van der Waals surface area contributed by atoms with Gasteiger partial charge in [-0.1, -0.05) is 107 Å². The van der Waals surface area contributed by atoms with Crippen molar-refractivity contribution >= 4 is 8.60 Å². The molecule has 3 nitrogen and oxygen atoms in total. The molecule has 33 heavy (non-hydrogen) atoms. The highest BCUT2D eigenvalue weighted by Gasteiger charge is 2.48. The number of fused-ring (bicyclic) bond motifs is 1. The lowest BCUT2D eigenvalue weighted by molar-refractivity contribution is 0.0797. The van der Waals surface area contributed by atoms with Crippen molar-refractivity contribution in [1.29, 1.82) is 0 Å². The molecule has 1 aromatic carbocycles. The first-order chi connectivity index (χ1) is 14.7. The highest BCUT2D eigenvalue weighted by Crippen LogP contribution is 2.57. The molecule has 1 aliphatic heterocycles. The van der Waals surface area contributed by atoms with Gasteiger partial charge in [0.15, 0.2) is 0 Å². The van der Waals surface area contributed by atoms with Gasteiger partial charge in [0.1, 0.15) is 11.4 Å². The van der Waals surface area contributed by atoms with Gasteiger partial charge in [0.2, 0.25) is 0 Å². The molecular weight excluding hydrogens is 427 g/mol. The van der Waals surface area contributed by atoms with Gasteiger partial charge in [0.25, 0.3) is 0 Å². The van der Waals surface area contributed by atoms with Gasteiger partial charge in [0.05, 0.1) is 0 Å². The lowest BCUT2D eigenvalue weighted by Crippen LogP contribution is -2.42. The Balaban J connectivity index is 2.26. The van der Waals surface area contributed by atoms with Crippen LogP contribution in [0.15, 0.2) is 35.4 Å². The summed E-state index contributed by atoms with van der Waals surface area (Å²) in [5.74, 6) is 0.805. The van der Waals surface area contributed by atoms with Gasteiger partial charge in [-0.05, 0) is 50.4 Å². The largest absolute Gasteiger partial charge is 0.426 e. The molecule has 0 saturated carbocycles. The van der Waals surface area contributed by atoms with Crippen LogP contribution in [0, 0.1) is 10.8 Å². The second-order valence-corrected chi connectivity index (χ2v) is 14.9. The summed E-state index contributed by atoms with van der Waals surface area (Å²) in [7, 11) is -2.06. The molecule has 1 heterocycles. The van der Waals surface area contributed by atoms with Gasteiger partial charge in [-0.15, -0.1) is 0 Å². The molecule has 1 N–H and O–H groups in total. The van der Waals surface area contributed by atoms with Crippen molar-refractivity contribution in [3.8, 4) is 5.75 Å². The van der Waals surface area contributed by atoms with Crippen LogP contribution in [-0.2, 0) is 21.8 Å². The molecule has 0 radical (unpaired) electrons. The first kappa shape index (κ1) is 26.5. The highest BCUT2D eigenvalue weighted by molar-refractivity contribution is 7.41. The Morgan fingerprint density at radius 1 is 0.818 bits per heavy atom. The van der Waals surface area contributed by atoms with E-state index in [-0.39, 0.29) is 21.7 Å². The fraction of sp³-hybridized carbons (Fsp3) is 0.655. The Bertz CT molecular complexity index is 974. The lowest BCUT2D eigenvalue weighted by Gasteiger charge is -2.44. The Labute approximate surface area is 203 Å². The highest BCUT2D eigenvalue weighted by atomic mass is 31.2. The zero-order chi connectivity index (χ0) is 25.2. The molecule has 1 aromatic rings. The third-order valence-corrected chi connectivity index (χ3v) is 7.70. The van der Waals surface area contributed by atoms with Gasteiger partial charge in [-0.25, -0.2) is 0 Å². The summed E-state index contributed by atoms with van der Waals surface area (Å²) >= 11 is 0. The average Bonchev–Trinajstić information content (AvgIpc) is 2.72. The van der Waals surface area contributed by atoms with Crippen LogP contribution in [-0.4, -0.2) is 10.5 Å². The van der Waals surface area contributed by atoms with Crippen LogP contribution < -0.4 is 4.52 Å². The number of benzene rings is 1. The zero-order valence-corrected chi connectivity index (χ0v) is 23.8. The van der Waals surface area contributed by atoms with E-state index in [0.717, 1.165) is 23.3 Å². The summed E-state index contributed by atoms with van der Waals surface area (Å²) in [4.78, 5) is 11.1. The molecule has 0 amide bonds. The fourth-order valence-electron chi connectivity index (χ4n) is 4.91. The maximum absolute atomic E-state index is 11.1. The zero-order valence-electron chi connectivity index (χ0n) is 22.9. The smallest absolute Gasteiger partial charge is 0.395 e. The predicted octanol–water partition coefficient (Wildman–Crippen LogP) is 8.54. The Hall–Kier alpha value is -1.15. The first-order valence-corrected chi connectivity index (χ1v) is 13.3. The summed E-state index contributed by atoms with van der Waals surface area (Å²) in [5, 5.41) is 0. The van der Waals surface area contributed by atoms with Crippen LogP contribution in [0.1, 0.15) is 106 Å². The van der Waals surface area contributed by atoms with E-state index in [4.69, 9.17) is 9.05 Å². The molecule has 2 aliphatic rings. The Kier molecular flexibility index (Phi) is 6.58. The van der Waals surface area contributed by atoms with Crippen LogP contribution in [0.3, 0.4) is 0 Å². The van der Waals surface area contributed by atoms with E-state index in [0.29, 0.717) is 6.42 Å². The molecule has 0 aromatic heterocycles. The van der Waals surface area contributed by atoms with Crippen molar-refractivity contribution in [2.24, 2.45) is 10.8 Å². The summed E-state index contributed by atoms with van der Waals surface area (Å²) in [5.41, 5.74) is 5.33. The van der Waals surface area contributed by atoms with Gasteiger partial charge in [-0.2, -0.15) is 0 Å². The van der Waals surface area contributed by atoms with Gasteiger partial charge in [0, 0.05) is 12.0 Å². The van der Waals surface area contributed by atoms with Crippen LogP contribution in [0.5, 0.6) is 5.75 Å². The van der Waals surface area contributed by atoms with E-state index >= 15 is 0 Å². The maximum Gasteiger partial charge on any atom is 0.395 e. The molecule has 4 heteroatoms. The molecule has 1 spiro atoms. The molecule has 0 bridgehead atoms. The van der Waals surface area contributed by atoms with Crippen molar-refractivity contribution in [2.75, 3.05) is 0 Å². The van der Waals surface area contributed by atoms with E-state index in [2.05, 4.69) is 107 Å². The Morgan fingerprint density at radius 2 is 1.42 bits per heavy atom. The van der Waals surface area contributed by atoms with E-state index in [1.807, 2.05) is 0 Å². The molecule has 0 saturated heterocycles. The topological polar surface area (TPSA) is 38.7 Å². The molecule has 2 atom stereocenters. The van der Waals surface area contributed by atoms with Crippen molar-refractivity contribution in [3.63, 3.8) is 0 Å². The number of allylic oxidation sites excluding steroid dienone is 2. The van der Waals surface area contributed by atoms with Crippen LogP contribution in [0.4, 0.5) is 0 Å². The molecule has 0 fully saturated rings. The van der Waals surface area contributed by atoms with E-state index in [1.54, 1.807) is 0 Å². The van der Waals surface area contributed by atoms with Crippen LogP contribution >= 0.6 is 8.60 Å². The quantitative estimate of drug-likeness (QED) is 0.385. The molecule has 184 valence electrons. The third-order valence-electron chi connectivity index (χ3n) is 6.85. The molecule has 3 rings (SSSR count). The summed E-state index contributed by atoms with van der Waals surface area (Å²) < 4.78 is 12.7. The number of rotatable bonds is 0. The third kappa shape index (κ3) is 5.42. The minimum atomic E-state index is -2.06. The van der Waals surface area contributed by atoms with Crippen LogP contribution in [0.2, 0.25) is 0 Å². The lowest BCUT2D eigenvalue weighted by atomic mass is 9.66. The van der Waals surface area contributed by atoms with Gasteiger partial charge >= 0.3 is 8.60 Å². The maximum atomic E-state index is 11.1.